The Kier molecular flexibility index (Phi) is 4.86. The predicted octanol–water partition coefficient (Wildman–Crippen LogP) is 1.95. The van der Waals surface area contributed by atoms with Crippen LogP contribution in [0.4, 0.5) is 0 Å². The van der Waals surface area contributed by atoms with Crippen LogP contribution in [0, 0.1) is 13.8 Å². The first kappa shape index (κ1) is 15.1. The van der Waals surface area contributed by atoms with Crippen molar-refractivity contribution in [1.82, 2.24) is 9.55 Å². The minimum absolute atomic E-state index is 0.0715. The molecular formula is C14H20N2O3S. The Bertz CT molecular complexity index is 562. The Morgan fingerprint density at radius 3 is 2.65 bits per heavy atom. The van der Waals surface area contributed by atoms with Crippen LogP contribution >= 0.6 is 11.8 Å². The van der Waals surface area contributed by atoms with E-state index in [2.05, 4.69) is 4.98 Å². The fourth-order valence-electron chi connectivity index (χ4n) is 2.78. The van der Waals surface area contributed by atoms with Crippen molar-refractivity contribution in [3.05, 3.63) is 27.4 Å². The van der Waals surface area contributed by atoms with E-state index in [4.69, 9.17) is 5.11 Å². The van der Waals surface area contributed by atoms with Gasteiger partial charge in [0, 0.05) is 23.9 Å². The molecule has 110 valence electrons. The number of carbonyl (C=O) groups is 1. The summed E-state index contributed by atoms with van der Waals surface area (Å²) in [6.45, 7) is 3.70. The number of carboxylic acids is 1. The zero-order chi connectivity index (χ0) is 14.7. The maximum Gasteiger partial charge on any atom is 0.348 e. The van der Waals surface area contributed by atoms with E-state index < -0.39 is 5.97 Å². The SMILES string of the molecule is Cc1nc(=O)n(C2CCSCC2)c(C)c1CCC(=O)O. The molecule has 0 amide bonds. The van der Waals surface area contributed by atoms with Crippen molar-refractivity contribution in [2.75, 3.05) is 11.5 Å². The molecule has 0 spiro atoms. The van der Waals surface area contributed by atoms with Crippen LogP contribution in [-0.4, -0.2) is 32.1 Å². The van der Waals surface area contributed by atoms with Gasteiger partial charge in [0.2, 0.25) is 0 Å². The minimum Gasteiger partial charge on any atom is -0.481 e. The van der Waals surface area contributed by atoms with E-state index >= 15 is 0 Å². The van der Waals surface area contributed by atoms with Crippen molar-refractivity contribution in [3.63, 3.8) is 0 Å². The summed E-state index contributed by atoms with van der Waals surface area (Å²) in [7, 11) is 0. The van der Waals surface area contributed by atoms with Gasteiger partial charge in [0.15, 0.2) is 0 Å². The van der Waals surface area contributed by atoms with Crippen LogP contribution in [0.25, 0.3) is 0 Å². The summed E-state index contributed by atoms with van der Waals surface area (Å²) in [4.78, 5) is 27.0. The molecule has 1 fully saturated rings. The highest BCUT2D eigenvalue weighted by Crippen LogP contribution is 2.27. The predicted molar refractivity (Wildman–Crippen MR) is 79.5 cm³/mol. The molecule has 1 aliphatic rings. The lowest BCUT2D eigenvalue weighted by atomic mass is 10.0. The summed E-state index contributed by atoms with van der Waals surface area (Å²) >= 11 is 1.91. The zero-order valence-electron chi connectivity index (χ0n) is 11.9. The number of rotatable bonds is 4. The number of thioether (sulfide) groups is 1. The Morgan fingerprint density at radius 1 is 1.40 bits per heavy atom. The molecule has 1 aliphatic heterocycles. The third kappa shape index (κ3) is 3.23. The molecule has 0 unspecified atom stereocenters. The molecule has 0 aromatic carbocycles. The average molecular weight is 296 g/mol. The molecule has 20 heavy (non-hydrogen) atoms. The molecule has 0 bridgehead atoms. The van der Waals surface area contributed by atoms with Gasteiger partial charge >= 0.3 is 11.7 Å². The first-order chi connectivity index (χ1) is 9.50. The van der Waals surface area contributed by atoms with E-state index in [9.17, 15) is 9.59 Å². The van der Waals surface area contributed by atoms with Gasteiger partial charge in [-0.25, -0.2) is 4.79 Å². The fraction of sp³-hybridized carbons (Fsp3) is 0.643. The van der Waals surface area contributed by atoms with Crippen molar-refractivity contribution < 1.29 is 9.90 Å². The standard InChI is InChI=1S/C14H20N2O3S/c1-9-12(3-4-13(17)18)10(2)16(14(19)15-9)11-5-7-20-8-6-11/h11H,3-8H2,1-2H3,(H,17,18). The first-order valence-corrected chi connectivity index (χ1v) is 8.04. The highest BCUT2D eigenvalue weighted by atomic mass is 32.2. The van der Waals surface area contributed by atoms with E-state index in [1.165, 1.54) is 0 Å². The summed E-state index contributed by atoms with van der Waals surface area (Å²) in [5.74, 6) is 1.31. The summed E-state index contributed by atoms with van der Waals surface area (Å²) in [5, 5.41) is 8.84. The van der Waals surface area contributed by atoms with Gasteiger partial charge in [-0.2, -0.15) is 16.7 Å². The minimum atomic E-state index is -0.824. The summed E-state index contributed by atoms with van der Waals surface area (Å²) < 4.78 is 1.78. The number of nitrogens with zero attached hydrogens (tertiary/aromatic N) is 2. The summed E-state index contributed by atoms with van der Waals surface area (Å²) in [6.07, 6.45) is 2.47. The molecule has 0 aliphatic carbocycles. The first-order valence-electron chi connectivity index (χ1n) is 6.89. The molecule has 2 rings (SSSR count). The second kappa shape index (κ2) is 6.43. The summed E-state index contributed by atoms with van der Waals surface area (Å²) in [5.41, 5.74) is 2.26. The molecule has 6 heteroatoms. The van der Waals surface area contributed by atoms with Gasteiger partial charge in [0.1, 0.15) is 0 Å². The van der Waals surface area contributed by atoms with E-state index in [1.54, 1.807) is 11.5 Å². The molecule has 0 atom stereocenters. The maximum atomic E-state index is 12.2. The van der Waals surface area contributed by atoms with Crippen molar-refractivity contribution in [2.24, 2.45) is 0 Å². The highest BCUT2D eigenvalue weighted by Gasteiger charge is 2.21. The lowest BCUT2D eigenvalue weighted by Crippen LogP contribution is -2.33. The molecule has 1 N–H and O–H groups in total. The van der Waals surface area contributed by atoms with Crippen LogP contribution < -0.4 is 5.69 Å². The van der Waals surface area contributed by atoms with Gasteiger partial charge in [-0.3, -0.25) is 9.36 Å². The van der Waals surface area contributed by atoms with Crippen LogP contribution in [0.3, 0.4) is 0 Å². The van der Waals surface area contributed by atoms with Gasteiger partial charge in [0.05, 0.1) is 0 Å². The maximum absolute atomic E-state index is 12.2. The smallest absolute Gasteiger partial charge is 0.348 e. The Morgan fingerprint density at radius 2 is 2.05 bits per heavy atom. The van der Waals surface area contributed by atoms with E-state index in [0.29, 0.717) is 12.1 Å². The normalized spacial score (nSPS) is 16.3. The molecule has 1 aromatic rings. The average Bonchev–Trinajstić information content (AvgIpc) is 2.38. The van der Waals surface area contributed by atoms with E-state index in [1.807, 2.05) is 18.7 Å². The van der Waals surface area contributed by atoms with Gasteiger partial charge < -0.3 is 5.11 Å². The molecule has 0 saturated carbocycles. The number of hydrogen-bond donors (Lipinski definition) is 1. The topological polar surface area (TPSA) is 72.2 Å². The molecule has 0 radical (unpaired) electrons. The fourth-order valence-corrected chi connectivity index (χ4v) is 3.86. The van der Waals surface area contributed by atoms with Crippen LogP contribution in [0.2, 0.25) is 0 Å². The van der Waals surface area contributed by atoms with E-state index in [0.717, 1.165) is 35.6 Å². The van der Waals surface area contributed by atoms with Gasteiger partial charge in [-0.05, 0) is 50.2 Å². The van der Waals surface area contributed by atoms with Crippen LogP contribution in [0.15, 0.2) is 4.79 Å². The van der Waals surface area contributed by atoms with Crippen molar-refractivity contribution in [2.45, 2.75) is 45.6 Å². The number of aliphatic carboxylic acids is 1. The third-order valence-electron chi connectivity index (χ3n) is 3.85. The largest absolute Gasteiger partial charge is 0.481 e. The Hall–Kier alpha value is -1.30. The monoisotopic (exact) mass is 296 g/mol. The van der Waals surface area contributed by atoms with Crippen molar-refractivity contribution in [3.8, 4) is 0 Å². The highest BCUT2D eigenvalue weighted by molar-refractivity contribution is 7.99. The molecule has 1 saturated heterocycles. The molecular weight excluding hydrogens is 276 g/mol. The van der Waals surface area contributed by atoms with Crippen LogP contribution in [0.1, 0.15) is 42.3 Å². The lowest BCUT2D eigenvalue weighted by molar-refractivity contribution is -0.136. The Labute approximate surface area is 122 Å². The number of aryl methyl sites for hydroxylation is 1. The van der Waals surface area contributed by atoms with E-state index in [-0.39, 0.29) is 18.2 Å². The second-order valence-electron chi connectivity index (χ2n) is 5.15. The second-order valence-corrected chi connectivity index (χ2v) is 6.38. The Balaban J connectivity index is 2.38. The number of hydrogen-bond acceptors (Lipinski definition) is 4. The number of carboxylic acid groups (broad SMARTS) is 1. The molecule has 2 heterocycles. The molecule has 1 aromatic heterocycles. The molecule has 5 nitrogen and oxygen atoms in total. The lowest BCUT2D eigenvalue weighted by Gasteiger charge is -2.26. The van der Waals surface area contributed by atoms with Gasteiger partial charge in [-0.15, -0.1) is 0 Å². The third-order valence-corrected chi connectivity index (χ3v) is 4.90. The van der Waals surface area contributed by atoms with Crippen molar-refractivity contribution in [1.29, 1.82) is 0 Å². The number of aromatic nitrogens is 2. The van der Waals surface area contributed by atoms with Crippen molar-refractivity contribution >= 4 is 17.7 Å². The quantitative estimate of drug-likeness (QED) is 0.919. The van der Waals surface area contributed by atoms with Crippen LogP contribution in [0.5, 0.6) is 0 Å². The van der Waals surface area contributed by atoms with Gasteiger partial charge in [0.25, 0.3) is 0 Å². The van der Waals surface area contributed by atoms with Crippen LogP contribution in [-0.2, 0) is 11.2 Å². The summed E-state index contributed by atoms with van der Waals surface area (Å²) in [6, 6.07) is 0.209. The zero-order valence-corrected chi connectivity index (χ0v) is 12.7. The van der Waals surface area contributed by atoms with Gasteiger partial charge in [-0.1, -0.05) is 0 Å².